The first-order valence-corrected chi connectivity index (χ1v) is 10.3. The molecule has 0 heterocycles. The fourth-order valence-electron chi connectivity index (χ4n) is 4.39. The van der Waals surface area contributed by atoms with Gasteiger partial charge in [0.1, 0.15) is 0 Å². The second kappa shape index (κ2) is 8.49. The third kappa shape index (κ3) is 3.55. The first kappa shape index (κ1) is 21.0. The fraction of sp³-hybridized carbons (Fsp3) is 0.185. The number of carbonyl (C=O) groups excluding carboxylic acids is 2. The van der Waals surface area contributed by atoms with E-state index >= 15 is 0 Å². The maximum Gasteiger partial charge on any atom is 0.175 e. The third-order valence-electron chi connectivity index (χ3n) is 6.07. The molecule has 1 aliphatic rings. The summed E-state index contributed by atoms with van der Waals surface area (Å²) in [4.78, 5) is 28.7. The highest BCUT2D eigenvalue weighted by atomic mass is 16.2. The van der Waals surface area contributed by atoms with Crippen molar-refractivity contribution in [3.8, 4) is 12.1 Å². The summed E-state index contributed by atoms with van der Waals surface area (Å²) in [6.45, 7) is 0. The summed E-state index contributed by atoms with van der Waals surface area (Å²) >= 11 is 0. The van der Waals surface area contributed by atoms with E-state index in [2.05, 4.69) is 12.1 Å². The lowest BCUT2D eigenvalue weighted by atomic mass is 9.72. The van der Waals surface area contributed by atoms with Crippen LogP contribution in [0.1, 0.15) is 49.2 Å². The molecule has 5 nitrogen and oxygen atoms in total. The van der Waals surface area contributed by atoms with Gasteiger partial charge in [0.15, 0.2) is 11.6 Å². The minimum atomic E-state index is -0.974. The summed E-state index contributed by atoms with van der Waals surface area (Å²) in [5.41, 5.74) is 3.71. The SMILES string of the molecule is CN(C)c1ccc(C(C2C(=O)c3ccccc3C2=O)C(C#N)c2ccc(C#N)cc2)cc1. The van der Waals surface area contributed by atoms with Crippen LogP contribution >= 0.6 is 0 Å². The van der Waals surface area contributed by atoms with E-state index < -0.39 is 17.8 Å². The van der Waals surface area contributed by atoms with E-state index in [0.717, 1.165) is 11.3 Å². The highest BCUT2D eigenvalue weighted by molar-refractivity contribution is 6.27. The third-order valence-corrected chi connectivity index (χ3v) is 6.07. The molecule has 0 fully saturated rings. The number of nitrogens with zero attached hydrogens (tertiary/aromatic N) is 3. The average Bonchev–Trinajstić information content (AvgIpc) is 3.08. The maximum absolute atomic E-state index is 13.4. The zero-order valence-electron chi connectivity index (χ0n) is 17.8. The fourth-order valence-corrected chi connectivity index (χ4v) is 4.39. The van der Waals surface area contributed by atoms with Crippen molar-refractivity contribution in [1.82, 2.24) is 0 Å². The van der Waals surface area contributed by atoms with E-state index in [9.17, 15) is 14.9 Å². The number of benzene rings is 3. The molecule has 0 aliphatic heterocycles. The van der Waals surface area contributed by atoms with Crippen LogP contribution in [-0.2, 0) is 0 Å². The zero-order chi connectivity index (χ0) is 22.8. The quantitative estimate of drug-likeness (QED) is 0.559. The highest BCUT2D eigenvalue weighted by Crippen LogP contribution is 2.44. The number of ketones is 2. The van der Waals surface area contributed by atoms with Gasteiger partial charge in [0.05, 0.1) is 29.5 Å². The van der Waals surface area contributed by atoms with Gasteiger partial charge in [-0.3, -0.25) is 9.59 Å². The first-order valence-electron chi connectivity index (χ1n) is 10.3. The molecule has 0 N–H and O–H groups in total. The molecule has 3 aromatic rings. The Morgan fingerprint density at radius 1 is 0.781 bits per heavy atom. The molecule has 2 atom stereocenters. The van der Waals surface area contributed by atoms with Gasteiger partial charge in [-0.1, -0.05) is 48.5 Å². The Balaban J connectivity index is 1.85. The molecule has 0 aromatic heterocycles. The standard InChI is InChI=1S/C27H21N3O2/c1-30(2)20-13-11-19(12-14-20)24(23(16-29)18-9-7-17(15-28)8-10-18)25-26(31)21-5-3-4-6-22(21)27(25)32/h3-14,23-25H,1-2H3. The van der Waals surface area contributed by atoms with Gasteiger partial charge < -0.3 is 4.90 Å². The van der Waals surface area contributed by atoms with Crippen molar-refractivity contribution in [2.75, 3.05) is 19.0 Å². The minimum absolute atomic E-state index is 0.249. The lowest BCUT2D eigenvalue weighted by Gasteiger charge is -2.27. The van der Waals surface area contributed by atoms with Crippen LogP contribution < -0.4 is 4.90 Å². The van der Waals surface area contributed by atoms with Crippen LogP contribution in [0.15, 0.2) is 72.8 Å². The number of carbonyl (C=O) groups is 2. The van der Waals surface area contributed by atoms with Crippen molar-refractivity contribution in [3.63, 3.8) is 0 Å². The van der Waals surface area contributed by atoms with Crippen molar-refractivity contribution >= 4 is 17.3 Å². The van der Waals surface area contributed by atoms with Gasteiger partial charge in [-0.05, 0) is 35.4 Å². The Morgan fingerprint density at radius 2 is 1.31 bits per heavy atom. The van der Waals surface area contributed by atoms with Crippen LogP contribution in [0.25, 0.3) is 0 Å². The van der Waals surface area contributed by atoms with Crippen LogP contribution in [0.2, 0.25) is 0 Å². The van der Waals surface area contributed by atoms with Gasteiger partial charge >= 0.3 is 0 Å². The van der Waals surface area contributed by atoms with Gasteiger partial charge in [0.2, 0.25) is 0 Å². The van der Waals surface area contributed by atoms with Crippen molar-refractivity contribution in [2.24, 2.45) is 5.92 Å². The van der Waals surface area contributed by atoms with Crippen molar-refractivity contribution in [1.29, 1.82) is 10.5 Å². The number of anilines is 1. The lowest BCUT2D eigenvalue weighted by Crippen LogP contribution is -2.28. The molecule has 0 saturated heterocycles. The van der Waals surface area contributed by atoms with E-state index in [-0.39, 0.29) is 11.6 Å². The van der Waals surface area contributed by atoms with Gasteiger partial charge in [-0.25, -0.2) is 0 Å². The molecule has 156 valence electrons. The van der Waals surface area contributed by atoms with Crippen molar-refractivity contribution in [3.05, 3.63) is 101 Å². The summed E-state index contributed by atoms with van der Waals surface area (Å²) in [7, 11) is 3.87. The molecule has 2 unspecified atom stereocenters. The molecule has 5 heteroatoms. The van der Waals surface area contributed by atoms with E-state index in [1.54, 1.807) is 48.5 Å². The maximum atomic E-state index is 13.4. The Hall–Kier alpha value is -4.22. The predicted octanol–water partition coefficient (Wildman–Crippen LogP) is 4.71. The van der Waals surface area contributed by atoms with E-state index in [1.807, 2.05) is 43.3 Å². The Kier molecular flexibility index (Phi) is 5.58. The molecule has 0 radical (unpaired) electrons. The average molecular weight is 419 g/mol. The summed E-state index contributed by atoms with van der Waals surface area (Å²) in [6, 6.07) is 25.6. The number of rotatable bonds is 5. The van der Waals surface area contributed by atoms with Crippen LogP contribution in [0.3, 0.4) is 0 Å². The Labute approximate surface area is 187 Å². The Morgan fingerprint density at radius 3 is 1.78 bits per heavy atom. The smallest absolute Gasteiger partial charge is 0.175 e. The molecule has 4 rings (SSSR count). The molecule has 0 amide bonds. The first-order chi connectivity index (χ1) is 15.5. The van der Waals surface area contributed by atoms with Crippen LogP contribution in [-0.4, -0.2) is 25.7 Å². The number of hydrogen-bond donors (Lipinski definition) is 0. The number of hydrogen-bond acceptors (Lipinski definition) is 5. The molecule has 3 aromatic carbocycles. The highest BCUT2D eigenvalue weighted by Gasteiger charge is 2.47. The normalized spacial score (nSPS) is 14.9. The molecular formula is C27H21N3O2. The van der Waals surface area contributed by atoms with Crippen LogP contribution in [0.4, 0.5) is 5.69 Å². The van der Waals surface area contributed by atoms with E-state index in [4.69, 9.17) is 5.26 Å². The molecule has 0 saturated carbocycles. The van der Waals surface area contributed by atoms with Gasteiger partial charge in [0, 0.05) is 36.8 Å². The molecule has 32 heavy (non-hydrogen) atoms. The summed E-state index contributed by atoms with van der Waals surface area (Å²) in [5, 5.41) is 19.3. The van der Waals surface area contributed by atoms with Crippen molar-refractivity contribution < 1.29 is 9.59 Å². The summed E-state index contributed by atoms with van der Waals surface area (Å²) in [5.74, 6) is -2.86. The van der Waals surface area contributed by atoms with Gasteiger partial charge in [-0.15, -0.1) is 0 Å². The molecule has 0 bridgehead atoms. The molecular weight excluding hydrogens is 398 g/mol. The van der Waals surface area contributed by atoms with Crippen molar-refractivity contribution in [2.45, 2.75) is 11.8 Å². The molecule has 1 aliphatic carbocycles. The minimum Gasteiger partial charge on any atom is -0.378 e. The van der Waals surface area contributed by atoms with E-state index in [0.29, 0.717) is 22.3 Å². The predicted molar refractivity (Wildman–Crippen MR) is 122 cm³/mol. The number of nitriles is 2. The van der Waals surface area contributed by atoms with Crippen LogP contribution in [0.5, 0.6) is 0 Å². The van der Waals surface area contributed by atoms with Gasteiger partial charge in [0.25, 0.3) is 0 Å². The van der Waals surface area contributed by atoms with Crippen LogP contribution in [0, 0.1) is 28.6 Å². The number of Topliss-reactive ketones (excluding diaryl/α,β-unsaturated/α-hetero) is 2. The van der Waals surface area contributed by atoms with E-state index in [1.165, 1.54) is 0 Å². The second-order valence-corrected chi connectivity index (χ2v) is 8.10. The topological polar surface area (TPSA) is 85.0 Å². The molecule has 0 spiro atoms. The number of fused-ring (bicyclic) bond motifs is 1. The largest absolute Gasteiger partial charge is 0.378 e. The summed E-state index contributed by atoms with van der Waals surface area (Å²) in [6.07, 6.45) is 0. The Bertz CT molecular complexity index is 1230. The van der Waals surface area contributed by atoms with Gasteiger partial charge in [-0.2, -0.15) is 10.5 Å². The second-order valence-electron chi connectivity index (χ2n) is 8.10. The monoisotopic (exact) mass is 419 g/mol. The lowest BCUT2D eigenvalue weighted by molar-refractivity contribution is 0.0810. The summed E-state index contributed by atoms with van der Waals surface area (Å²) < 4.78 is 0. The zero-order valence-corrected chi connectivity index (χ0v) is 17.8.